The first-order valence-corrected chi connectivity index (χ1v) is 8.61. The van der Waals surface area contributed by atoms with E-state index in [1.54, 1.807) is 0 Å². The van der Waals surface area contributed by atoms with Gasteiger partial charge in [0.15, 0.2) is 12.4 Å². The van der Waals surface area contributed by atoms with Crippen molar-refractivity contribution in [1.82, 2.24) is 0 Å². The van der Waals surface area contributed by atoms with E-state index in [9.17, 15) is 34.5 Å². The third kappa shape index (κ3) is 6.72. The van der Waals surface area contributed by atoms with Gasteiger partial charge in [0.25, 0.3) is 0 Å². The van der Waals surface area contributed by atoms with Crippen LogP contribution in [0.2, 0.25) is 0 Å². The number of ketones is 1. The number of hydrogen-bond donors (Lipinski definition) is 4. The van der Waals surface area contributed by atoms with Gasteiger partial charge in [0.05, 0.1) is 5.92 Å². The molecule has 1 saturated carbocycles. The van der Waals surface area contributed by atoms with Crippen LogP contribution in [-0.4, -0.2) is 56.5 Å². The fourth-order valence-electron chi connectivity index (χ4n) is 3.40. The van der Waals surface area contributed by atoms with Crippen molar-refractivity contribution in [3.05, 3.63) is 0 Å². The number of hydrogen-bond acceptors (Lipinski definition) is 7. The van der Waals surface area contributed by atoms with Crippen molar-refractivity contribution in [1.29, 1.82) is 0 Å². The summed E-state index contributed by atoms with van der Waals surface area (Å²) in [7, 11) is 0. The predicted molar refractivity (Wildman–Crippen MR) is 86.9 cm³/mol. The second-order valence-electron chi connectivity index (χ2n) is 6.85. The first kappa shape index (κ1) is 22.0. The number of carbonyl (C=O) groups excluding carboxylic acids is 2. The smallest absolute Gasteiger partial charge is 0.341 e. The van der Waals surface area contributed by atoms with Crippen LogP contribution in [0.3, 0.4) is 0 Å². The van der Waals surface area contributed by atoms with Gasteiger partial charge in [-0.3, -0.25) is 14.4 Å². The molecule has 0 radical (unpaired) electrons. The summed E-state index contributed by atoms with van der Waals surface area (Å²) in [5.74, 6) is -8.38. The molecule has 9 heteroatoms. The van der Waals surface area contributed by atoms with E-state index in [2.05, 4.69) is 4.74 Å². The van der Waals surface area contributed by atoms with Gasteiger partial charge in [-0.05, 0) is 19.8 Å². The van der Waals surface area contributed by atoms with E-state index >= 15 is 0 Å². The number of carboxylic acid groups (broad SMARTS) is 2. The van der Waals surface area contributed by atoms with Crippen LogP contribution in [-0.2, 0) is 23.9 Å². The third-order valence-electron chi connectivity index (χ3n) is 4.69. The fraction of sp³-hybridized carbons (Fsp3) is 0.765. The number of rotatable bonds is 11. The number of carboxylic acids is 2. The van der Waals surface area contributed by atoms with Crippen LogP contribution in [0.4, 0.5) is 0 Å². The number of esters is 1. The van der Waals surface area contributed by atoms with Crippen molar-refractivity contribution in [3.8, 4) is 0 Å². The molecular formula is C17H26O9. The molecule has 0 amide bonds. The average Bonchev–Trinajstić information content (AvgIpc) is 2.86. The van der Waals surface area contributed by atoms with E-state index in [4.69, 9.17) is 5.11 Å². The Morgan fingerprint density at radius 3 is 2.27 bits per heavy atom. The largest absolute Gasteiger partial charge is 0.481 e. The first-order chi connectivity index (χ1) is 12.0. The zero-order valence-electron chi connectivity index (χ0n) is 14.7. The summed E-state index contributed by atoms with van der Waals surface area (Å²) in [6, 6.07) is 0. The Labute approximate surface area is 151 Å². The predicted octanol–water partition coefficient (Wildman–Crippen LogP) is 0.562. The Bertz CT molecular complexity index is 535. The van der Waals surface area contributed by atoms with E-state index in [-0.39, 0.29) is 18.6 Å². The van der Waals surface area contributed by atoms with Crippen LogP contribution >= 0.6 is 0 Å². The molecule has 0 aliphatic heterocycles. The summed E-state index contributed by atoms with van der Waals surface area (Å²) in [4.78, 5) is 45.0. The highest BCUT2D eigenvalue weighted by atomic mass is 16.5. The highest BCUT2D eigenvalue weighted by Gasteiger charge is 2.52. The summed E-state index contributed by atoms with van der Waals surface area (Å²) in [6.07, 6.45) is 2.68. The molecule has 148 valence electrons. The second kappa shape index (κ2) is 9.63. The summed E-state index contributed by atoms with van der Waals surface area (Å²) in [5, 5.41) is 37.1. The van der Waals surface area contributed by atoms with Gasteiger partial charge in [-0.25, -0.2) is 4.79 Å². The van der Waals surface area contributed by atoms with Gasteiger partial charge in [-0.15, -0.1) is 0 Å². The summed E-state index contributed by atoms with van der Waals surface area (Å²) >= 11 is 0. The lowest BCUT2D eigenvalue weighted by Gasteiger charge is -2.28. The average molecular weight is 374 g/mol. The molecule has 9 nitrogen and oxygen atoms in total. The van der Waals surface area contributed by atoms with Crippen LogP contribution in [0.5, 0.6) is 0 Å². The van der Waals surface area contributed by atoms with Crippen molar-refractivity contribution < 1.29 is 44.3 Å². The monoisotopic (exact) mass is 374 g/mol. The maximum Gasteiger partial charge on any atom is 0.341 e. The zero-order chi connectivity index (χ0) is 19.9. The Hall–Kier alpha value is -2.00. The van der Waals surface area contributed by atoms with Gasteiger partial charge in [0.1, 0.15) is 5.78 Å². The molecular weight excluding hydrogens is 348 g/mol. The molecule has 0 aromatic carbocycles. The molecule has 4 N–H and O–H groups in total. The standard InChI is InChI=1S/C17H26O9/c1-17(24,25)11-8-12(18)10(15(11)16(22)23)6-4-2-3-5-7-14(21)26-9-13(19)20/h10-11,15,24-25H,2-9H2,1H3,(H,19,20)(H,22,23)/t10?,11-,15+/m1/s1. The maximum atomic E-state index is 12.1. The van der Waals surface area contributed by atoms with E-state index in [1.807, 2.05) is 0 Å². The minimum atomic E-state index is -2.22. The summed E-state index contributed by atoms with van der Waals surface area (Å²) in [6.45, 7) is 0.432. The second-order valence-corrected chi connectivity index (χ2v) is 6.85. The molecule has 0 aromatic rings. The molecule has 1 unspecified atom stereocenters. The number of unbranched alkanes of at least 4 members (excludes halogenated alkanes) is 3. The van der Waals surface area contributed by atoms with Gasteiger partial charge in [0, 0.05) is 24.7 Å². The molecule has 0 saturated heterocycles. The highest BCUT2D eigenvalue weighted by molar-refractivity contribution is 5.90. The van der Waals surface area contributed by atoms with Crippen LogP contribution in [0, 0.1) is 17.8 Å². The van der Waals surface area contributed by atoms with Crippen LogP contribution in [0.1, 0.15) is 51.9 Å². The minimum Gasteiger partial charge on any atom is -0.481 e. The van der Waals surface area contributed by atoms with Crippen molar-refractivity contribution in [2.24, 2.45) is 17.8 Å². The first-order valence-electron chi connectivity index (χ1n) is 8.61. The Kier molecular flexibility index (Phi) is 8.16. The number of aliphatic hydroxyl groups is 2. The van der Waals surface area contributed by atoms with Crippen molar-refractivity contribution in [2.75, 3.05) is 6.61 Å². The van der Waals surface area contributed by atoms with Gasteiger partial charge < -0.3 is 25.2 Å². The molecule has 0 spiro atoms. The third-order valence-corrected chi connectivity index (χ3v) is 4.69. The molecule has 0 heterocycles. The van der Waals surface area contributed by atoms with E-state index in [0.29, 0.717) is 32.1 Å². The topological polar surface area (TPSA) is 158 Å². The summed E-state index contributed by atoms with van der Waals surface area (Å²) in [5.41, 5.74) is 0. The van der Waals surface area contributed by atoms with E-state index < -0.39 is 48.1 Å². The van der Waals surface area contributed by atoms with Crippen LogP contribution in [0.15, 0.2) is 0 Å². The Morgan fingerprint density at radius 1 is 1.12 bits per heavy atom. The highest BCUT2D eigenvalue weighted by Crippen LogP contribution is 2.42. The van der Waals surface area contributed by atoms with Crippen molar-refractivity contribution in [2.45, 2.75) is 57.7 Å². The molecule has 1 rings (SSSR count). The number of ether oxygens (including phenoxy) is 1. The molecule has 1 aliphatic rings. The normalized spacial score (nSPS) is 23.0. The van der Waals surface area contributed by atoms with E-state index in [1.165, 1.54) is 0 Å². The lowest BCUT2D eigenvalue weighted by Crippen LogP contribution is -2.40. The van der Waals surface area contributed by atoms with Crippen molar-refractivity contribution in [3.63, 3.8) is 0 Å². The Morgan fingerprint density at radius 2 is 1.73 bits per heavy atom. The molecule has 26 heavy (non-hydrogen) atoms. The van der Waals surface area contributed by atoms with Gasteiger partial charge in [0.2, 0.25) is 0 Å². The molecule has 1 fully saturated rings. The number of aliphatic carboxylic acids is 2. The SMILES string of the molecule is CC(O)(O)[C@@H]1CC(=O)C(CCCCCCC(=O)OCC(=O)O)[C@@H]1C(=O)O. The minimum absolute atomic E-state index is 0.100. The summed E-state index contributed by atoms with van der Waals surface area (Å²) < 4.78 is 4.49. The molecule has 3 atom stereocenters. The fourth-order valence-corrected chi connectivity index (χ4v) is 3.40. The van der Waals surface area contributed by atoms with Crippen LogP contribution < -0.4 is 0 Å². The van der Waals surface area contributed by atoms with Gasteiger partial charge in [-0.2, -0.15) is 0 Å². The maximum absolute atomic E-state index is 12.1. The quantitative estimate of drug-likeness (QED) is 0.230. The van der Waals surface area contributed by atoms with Crippen molar-refractivity contribution >= 4 is 23.7 Å². The molecule has 0 aromatic heterocycles. The Balaban J connectivity index is 2.35. The lowest BCUT2D eigenvalue weighted by atomic mass is 9.82. The zero-order valence-corrected chi connectivity index (χ0v) is 14.7. The lowest BCUT2D eigenvalue weighted by molar-refractivity contribution is -0.200. The van der Waals surface area contributed by atoms with E-state index in [0.717, 1.165) is 6.92 Å². The molecule has 1 aliphatic carbocycles. The van der Waals surface area contributed by atoms with Crippen LogP contribution in [0.25, 0.3) is 0 Å². The van der Waals surface area contributed by atoms with Gasteiger partial charge in [-0.1, -0.05) is 19.3 Å². The number of Topliss-reactive ketones (excluding diaryl/α,β-unsaturated/α-hetero) is 1. The van der Waals surface area contributed by atoms with Gasteiger partial charge >= 0.3 is 17.9 Å². The number of carbonyl (C=O) groups is 4. The molecule has 0 bridgehead atoms.